The van der Waals surface area contributed by atoms with Crippen molar-refractivity contribution in [3.8, 4) is 0 Å². The zero-order valence-corrected chi connectivity index (χ0v) is 13.1. The molecule has 1 amide bonds. The summed E-state index contributed by atoms with van der Waals surface area (Å²) in [5.41, 5.74) is 0. The van der Waals surface area contributed by atoms with Crippen LogP contribution in [0.1, 0.15) is 12.8 Å². The molecule has 1 unspecified atom stereocenters. The Bertz CT molecular complexity index is 346. The number of carbonyl (C=O) groups is 1. The third-order valence-corrected chi connectivity index (χ3v) is 4.03. The number of piperazine rings is 1. The third-order valence-electron chi connectivity index (χ3n) is 4.03. The maximum atomic E-state index is 13.2. The summed E-state index contributed by atoms with van der Waals surface area (Å²) in [6, 6.07) is -1.61. The number of nitrogens with zero attached hydrogens (tertiary/aromatic N) is 1. The lowest BCUT2D eigenvalue weighted by Crippen LogP contribution is -2.58. The smallest absolute Gasteiger partial charge is 0.381 e. The van der Waals surface area contributed by atoms with Crippen molar-refractivity contribution in [3.63, 3.8) is 0 Å². The maximum absolute atomic E-state index is 13.2. The van der Waals surface area contributed by atoms with Crippen molar-refractivity contribution in [2.45, 2.75) is 25.1 Å². The van der Waals surface area contributed by atoms with Gasteiger partial charge in [0.1, 0.15) is 6.04 Å². The van der Waals surface area contributed by atoms with Crippen LogP contribution >= 0.6 is 12.4 Å². The van der Waals surface area contributed by atoms with Gasteiger partial charge in [-0.25, -0.2) is 0 Å². The van der Waals surface area contributed by atoms with Crippen LogP contribution in [-0.2, 0) is 9.53 Å². The minimum absolute atomic E-state index is 0. The Morgan fingerprint density at radius 1 is 1.27 bits per heavy atom. The number of hydrogen-bond donors (Lipinski definition) is 2. The average molecular weight is 346 g/mol. The lowest BCUT2D eigenvalue weighted by molar-refractivity contribution is -0.184. The number of halogens is 4. The van der Waals surface area contributed by atoms with Gasteiger partial charge in [-0.2, -0.15) is 13.2 Å². The highest BCUT2D eigenvalue weighted by molar-refractivity contribution is 5.85. The molecule has 2 fully saturated rings. The van der Waals surface area contributed by atoms with Crippen LogP contribution in [0.5, 0.6) is 0 Å². The van der Waals surface area contributed by atoms with Gasteiger partial charge in [0.25, 0.3) is 0 Å². The second kappa shape index (κ2) is 8.90. The molecule has 0 spiro atoms. The normalized spacial score (nSPS) is 22.7. The number of amides is 1. The summed E-state index contributed by atoms with van der Waals surface area (Å²) in [6.45, 7) is 2.40. The van der Waals surface area contributed by atoms with Gasteiger partial charge in [0, 0.05) is 51.9 Å². The van der Waals surface area contributed by atoms with Crippen molar-refractivity contribution in [2.24, 2.45) is 5.92 Å². The minimum atomic E-state index is -4.33. The predicted molar refractivity (Wildman–Crippen MR) is 78.1 cm³/mol. The van der Waals surface area contributed by atoms with E-state index in [2.05, 4.69) is 10.6 Å². The van der Waals surface area contributed by atoms with Crippen LogP contribution in [0.3, 0.4) is 0 Å². The quantitative estimate of drug-likeness (QED) is 0.791. The standard InChI is InChI=1S/C13H22F3N3O2.ClH/c14-13(15,16)11(19-5-3-17-4-6-19)9-18-12(20)10-1-7-21-8-2-10;/h10-11,17H,1-9H2,(H,18,20);1H. The summed E-state index contributed by atoms with van der Waals surface area (Å²) >= 11 is 0. The lowest BCUT2D eigenvalue weighted by Gasteiger charge is -2.36. The van der Waals surface area contributed by atoms with Gasteiger partial charge in [0.2, 0.25) is 5.91 Å². The van der Waals surface area contributed by atoms with Gasteiger partial charge in [-0.05, 0) is 12.8 Å². The van der Waals surface area contributed by atoms with Crippen molar-refractivity contribution >= 4 is 18.3 Å². The van der Waals surface area contributed by atoms with E-state index in [1.165, 1.54) is 4.90 Å². The van der Waals surface area contributed by atoms with Crippen LogP contribution in [-0.4, -0.2) is 69.0 Å². The van der Waals surface area contributed by atoms with Crippen molar-refractivity contribution in [2.75, 3.05) is 45.9 Å². The molecule has 9 heteroatoms. The Kier molecular flexibility index (Phi) is 7.88. The second-order valence-electron chi connectivity index (χ2n) is 5.48. The summed E-state index contributed by atoms with van der Waals surface area (Å²) in [5, 5.41) is 5.51. The maximum Gasteiger partial charge on any atom is 0.405 e. The summed E-state index contributed by atoms with van der Waals surface area (Å²) in [4.78, 5) is 13.3. The van der Waals surface area contributed by atoms with Crippen LogP contribution in [0.2, 0.25) is 0 Å². The number of rotatable bonds is 4. The summed E-state index contributed by atoms with van der Waals surface area (Å²) < 4.78 is 44.6. The summed E-state index contributed by atoms with van der Waals surface area (Å²) in [6.07, 6.45) is -3.17. The largest absolute Gasteiger partial charge is 0.405 e. The van der Waals surface area contributed by atoms with E-state index in [0.29, 0.717) is 52.2 Å². The lowest BCUT2D eigenvalue weighted by atomic mass is 9.99. The highest BCUT2D eigenvalue weighted by Crippen LogP contribution is 2.25. The SMILES string of the molecule is Cl.O=C(NCC(N1CCNCC1)C(F)(F)F)C1CCOCC1. The first kappa shape index (κ1) is 19.5. The number of ether oxygens (including phenoxy) is 1. The van der Waals surface area contributed by atoms with E-state index in [1.807, 2.05) is 0 Å². The third kappa shape index (κ3) is 5.57. The molecule has 2 saturated heterocycles. The minimum Gasteiger partial charge on any atom is -0.381 e. The van der Waals surface area contributed by atoms with Gasteiger partial charge in [0.05, 0.1) is 0 Å². The zero-order valence-electron chi connectivity index (χ0n) is 12.3. The fourth-order valence-corrected chi connectivity index (χ4v) is 2.75. The molecule has 0 radical (unpaired) electrons. The molecule has 22 heavy (non-hydrogen) atoms. The molecule has 2 rings (SSSR count). The molecular weight excluding hydrogens is 323 g/mol. The number of hydrogen-bond acceptors (Lipinski definition) is 4. The first-order valence-corrected chi connectivity index (χ1v) is 7.35. The summed E-state index contributed by atoms with van der Waals surface area (Å²) in [5.74, 6) is -0.515. The second-order valence-corrected chi connectivity index (χ2v) is 5.48. The van der Waals surface area contributed by atoms with Gasteiger partial charge >= 0.3 is 6.18 Å². The van der Waals surface area contributed by atoms with E-state index in [9.17, 15) is 18.0 Å². The number of nitrogens with one attached hydrogen (secondary N) is 2. The molecule has 0 aromatic heterocycles. The fraction of sp³-hybridized carbons (Fsp3) is 0.923. The van der Waals surface area contributed by atoms with E-state index >= 15 is 0 Å². The molecule has 5 nitrogen and oxygen atoms in total. The van der Waals surface area contributed by atoms with Crippen molar-refractivity contribution in [1.29, 1.82) is 0 Å². The topological polar surface area (TPSA) is 53.6 Å². The molecule has 0 saturated carbocycles. The molecule has 0 aromatic carbocycles. The van der Waals surface area contributed by atoms with Gasteiger partial charge in [-0.1, -0.05) is 0 Å². The Balaban J connectivity index is 0.00000242. The monoisotopic (exact) mass is 345 g/mol. The highest BCUT2D eigenvalue weighted by Gasteiger charge is 2.44. The van der Waals surface area contributed by atoms with Crippen molar-refractivity contribution in [1.82, 2.24) is 15.5 Å². The predicted octanol–water partition coefficient (Wildman–Crippen LogP) is 0.787. The average Bonchev–Trinajstić information content (AvgIpc) is 2.48. The van der Waals surface area contributed by atoms with Gasteiger partial charge in [-0.3, -0.25) is 9.69 Å². The fourth-order valence-electron chi connectivity index (χ4n) is 2.75. The first-order valence-electron chi connectivity index (χ1n) is 7.35. The number of alkyl halides is 3. The van der Waals surface area contributed by atoms with Crippen molar-refractivity contribution < 1.29 is 22.7 Å². The van der Waals surface area contributed by atoms with E-state index in [0.717, 1.165) is 0 Å². The Hall–Kier alpha value is -0.570. The van der Waals surface area contributed by atoms with Crippen molar-refractivity contribution in [3.05, 3.63) is 0 Å². The molecule has 2 heterocycles. The van der Waals surface area contributed by atoms with Crippen LogP contribution in [0.25, 0.3) is 0 Å². The van der Waals surface area contributed by atoms with Crippen LogP contribution in [0.15, 0.2) is 0 Å². The summed E-state index contributed by atoms with van der Waals surface area (Å²) in [7, 11) is 0. The molecular formula is C13H23ClF3N3O2. The van der Waals surface area contributed by atoms with Gasteiger partial charge in [-0.15, -0.1) is 12.4 Å². The number of carbonyl (C=O) groups excluding carboxylic acids is 1. The molecule has 2 aliphatic rings. The Morgan fingerprint density at radius 3 is 2.41 bits per heavy atom. The molecule has 130 valence electrons. The van der Waals surface area contributed by atoms with Crippen LogP contribution < -0.4 is 10.6 Å². The van der Waals surface area contributed by atoms with Gasteiger partial charge in [0.15, 0.2) is 0 Å². The van der Waals surface area contributed by atoms with E-state index in [1.54, 1.807) is 0 Å². The van der Waals surface area contributed by atoms with Crippen LogP contribution in [0.4, 0.5) is 13.2 Å². The van der Waals surface area contributed by atoms with E-state index in [-0.39, 0.29) is 30.8 Å². The molecule has 0 aromatic rings. The van der Waals surface area contributed by atoms with E-state index in [4.69, 9.17) is 4.74 Å². The molecule has 2 aliphatic heterocycles. The molecule has 1 atom stereocenters. The van der Waals surface area contributed by atoms with E-state index < -0.39 is 12.2 Å². The first-order chi connectivity index (χ1) is 9.98. The molecule has 2 N–H and O–H groups in total. The Morgan fingerprint density at radius 2 is 1.86 bits per heavy atom. The van der Waals surface area contributed by atoms with Gasteiger partial charge < -0.3 is 15.4 Å². The zero-order chi connectivity index (χ0) is 15.3. The van der Waals surface area contributed by atoms with Crippen LogP contribution in [0, 0.1) is 5.92 Å². The molecule has 0 bridgehead atoms. The Labute approximate surface area is 134 Å². The highest BCUT2D eigenvalue weighted by atomic mass is 35.5. The molecule has 0 aliphatic carbocycles.